The Morgan fingerprint density at radius 2 is 1.06 bits per heavy atom. The van der Waals surface area contributed by atoms with Gasteiger partial charge in [-0.05, 0) is 44.9 Å². The molecule has 2 unspecified atom stereocenters. The Kier molecular flexibility index (Phi) is 27.5. The number of aliphatic hydroxyl groups is 2. The Bertz CT molecular complexity index is 518. The zero-order chi connectivity index (χ0) is 26.5. The number of nitrogens with one attached hydrogen (secondary N) is 1. The molecular formula is C32H61NO3. The molecule has 2 atom stereocenters. The first-order valence-electron chi connectivity index (χ1n) is 15.6. The second-order valence-corrected chi connectivity index (χ2v) is 10.5. The van der Waals surface area contributed by atoms with Gasteiger partial charge in [0.15, 0.2) is 0 Å². The number of unbranched alkanes of at least 4 members (excludes halogenated alkanes) is 18. The van der Waals surface area contributed by atoms with Gasteiger partial charge in [0.1, 0.15) is 0 Å². The molecule has 0 spiro atoms. The second-order valence-electron chi connectivity index (χ2n) is 10.5. The number of rotatable bonds is 27. The molecule has 0 bridgehead atoms. The number of hydrogen-bond acceptors (Lipinski definition) is 3. The van der Waals surface area contributed by atoms with E-state index < -0.39 is 12.1 Å². The molecule has 0 rings (SSSR count). The maximum absolute atomic E-state index is 12.2. The molecular weight excluding hydrogens is 446 g/mol. The molecule has 0 saturated carbocycles. The van der Waals surface area contributed by atoms with E-state index in [-0.39, 0.29) is 12.5 Å². The SMILES string of the molecule is CCCCC/C=C\CCCCCCCC(=O)NC(CO)C(O)/C=C/CCCCCCCCCCCC. The van der Waals surface area contributed by atoms with Crippen molar-refractivity contribution in [2.24, 2.45) is 0 Å². The summed E-state index contributed by atoms with van der Waals surface area (Å²) >= 11 is 0. The molecule has 1 amide bonds. The van der Waals surface area contributed by atoms with E-state index in [2.05, 4.69) is 31.3 Å². The first-order valence-corrected chi connectivity index (χ1v) is 15.6. The highest BCUT2D eigenvalue weighted by Gasteiger charge is 2.17. The molecule has 0 saturated heterocycles. The van der Waals surface area contributed by atoms with Crippen LogP contribution in [0, 0.1) is 0 Å². The first kappa shape index (κ1) is 34.9. The number of hydrogen-bond donors (Lipinski definition) is 3. The molecule has 212 valence electrons. The van der Waals surface area contributed by atoms with Crippen molar-refractivity contribution in [3.63, 3.8) is 0 Å². The predicted octanol–water partition coefficient (Wildman–Crippen LogP) is 8.56. The fourth-order valence-corrected chi connectivity index (χ4v) is 4.46. The quantitative estimate of drug-likeness (QED) is 0.0770. The summed E-state index contributed by atoms with van der Waals surface area (Å²) in [4.78, 5) is 12.2. The largest absolute Gasteiger partial charge is 0.394 e. The maximum atomic E-state index is 12.2. The summed E-state index contributed by atoms with van der Waals surface area (Å²) in [7, 11) is 0. The normalized spacial score (nSPS) is 13.6. The van der Waals surface area contributed by atoms with Crippen molar-refractivity contribution in [3.05, 3.63) is 24.3 Å². The summed E-state index contributed by atoms with van der Waals surface area (Å²) in [6.07, 6.45) is 33.9. The topological polar surface area (TPSA) is 69.6 Å². The molecule has 4 heteroatoms. The van der Waals surface area contributed by atoms with Crippen molar-refractivity contribution in [2.75, 3.05) is 6.61 Å². The van der Waals surface area contributed by atoms with Crippen LogP contribution in [0.5, 0.6) is 0 Å². The lowest BCUT2D eigenvalue weighted by atomic mass is 10.1. The molecule has 4 nitrogen and oxygen atoms in total. The molecule has 0 aliphatic heterocycles. The number of carbonyl (C=O) groups excluding carboxylic acids is 1. The van der Waals surface area contributed by atoms with Crippen LogP contribution in [-0.4, -0.2) is 34.9 Å². The Morgan fingerprint density at radius 3 is 1.58 bits per heavy atom. The van der Waals surface area contributed by atoms with E-state index in [4.69, 9.17) is 0 Å². The van der Waals surface area contributed by atoms with Crippen LogP contribution in [0.3, 0.4) is 0 Å². The highest BCUT2D eigenvalue weighted by Crippen LogP contribution is 2.12. The van der Waals surface area contributed by atoms with Gasteiger partial charge < -0.3 is 15.5 Å². The summed E-state index contributed by atoms with van der Waals surface area (Å²) < 4.78 is 0. The van der Waals surface area contributed by atoms with Gasteiger partial charge in [-0.25, -0.2) is 0 Å². The van der Waals surface area contributed by atoms with Crippen molar-refractivity contribution in [2.45, 2.75) is 167 Å². The Balaban J connectivity index is 3.70. The molecule has 36 heavy (non-hydrogen) atoms. The van der Waals surface area contributed by atoms with Gasteiger partial charge in [-0.2, -0.15) is 0 Å². The van der Waals surface area contributed by atoms with Crippen molar-refractivity contribution < 1.29 is 15.0 Å². The Morgan fingerprint density at radius 1 is 0.639 bits per heavy atom. The first-order chi connectivity index (χ1) is 17.7. The van der Waals surface area contributed by atoms with Gasteiger partial charge in [-0.1, -0.05) is 128 Å². The molecule has 0 aromatic carbocycles. The van der Waals surface area contributed by atoms with E-state index >= 15 is 0 Å². The summed E-state index contributed by atoms with van der Waals surface area (Å²) in [6, 6.07) is -0.620. The monoisotopic (exact) mass is 507 g/mol. The van der Waals surface area contributed by atoms with E-state index in [1.165, 1.54) is 96.3 Å². The van der Waals surface area contributed by atoms with Crippen molar-refractivity contribution in [3.8, 4) is 0 Å². The van der Waals surface area contributed by atoms with Crippen molar-refractivity contribution >= 4 is 5.91 Å². The number of aliphatic hydroxyl groups excluding tert-OH is 2. The maximum Gasteiger partial charge on any atom is 0.220 e. The van der Waals surface area contributed by atoms with Gasteiger partial charge >= 0.3 is 0 Å². The molecule has 0 heterocycles. The van der Waals surface area contributed by atoms with Crippen LogP contribution < -0.4 is 5.32 Å². The van der Waals surface area contributed by atoms with E-state index in [1.807, 2.05) is 6.08 Å². The van der Waals surface area contributed by atoms with Gasteiger partial charge in [0.25, 0.3) is 0 Å². The van der Waals surface area contributed by atoms with Crippen LogP contribution in [0.15, 0.2) is 24.3 Å². The smallest absolute Gasteiger partial charge is 0.220 e. The second kappa shape index (κ2) is 28.4. The van der Waals surface area contributed by atoms with E-state index in [9.17, 15) is 15.0 Å². The standard InChI is InChI=1S/C32H61NO3/c1-3-5-7-9-11-13-15-17-19-21-23-25-27-31(35)30(29-34)33-32(36)28-26-24-22-20-18-16-14-12-10-8-6-4-2/h12,14,25,27,30-31,34-35H,3-11,13,15-24,26,28-29H2,1-2H3,(H,33,36)/b14-12-,27-25+. The van der Waals surface area contributed by atoms with Gasteiger partial charge in [-0.15, -0.1) is 0 Å². The van der Waals surface area contributed by atoms with Crippen LogP contribution in [0.4, 0.5) is 0 Å². The van der Waals surface area contributed by atoms with Gasteiger partial charge in [0, 0.05) is 6.42 Å². The average Bonchev–Trinajstić information content (AvgIpc) is 2.88. The Hall–Kier alpha value is -1.13. The van der Waals surface area contributed by atoms with Crippen LogP contribution in [0.25, 0.3) is 0 Å². The third kappa shape index (κ3) is 24.6. The van der Waals surface area contributed by atoms with Gasteiger partial charge in [-0.3, -0.25) is 4.79 Å². The molecule has 0 aromatic heterocycles. The predicted molar refractivity (Wildman–Crippen MR) is 156 cm³/mol. The van der Waals surface area contributed by atoms with Crippen LogP contribution in [0.2, 0.25) is 0 Å². The molecule has 3 N–H and O–H groups in total. The van der Waals surface area contributed by atoms with Crippen LogP contribution >= 0.6 is 0 Å². The van der Waals surface area contributed by atoms with Gasteiger partial charge in [0.05, 0.1) is 18.8 Å². The summed E-state index contributed by atoms with van der Waals surface area (Å²) in [5.74, 6) is -0.0776. The lowest BCUT2D eigenvalue weighted by molar-refractivity contribution is -0.123. The van der Waals surface area contributed by atoms with E-state index in [1.54, 1.807) is 6.08 Å². The summed E-state index contributed by atoms with van der Waals surface area (Å²) in [6.45, 7) is 4.24. The Labute approximate surface area is 224 Å². The number of allylic oxidation sites excluding steroid dienone is 3. The zero-order valence-electron chi connectivity index (χ0n) is 24.0. The molecule has 0 aliphatic rings. The summed E-state index contributed by atoms with van der Waals surface area (Å²) in [5.41, 5.74) is 0. The average molecular weight is 508 g/mol. The lowest BCUT2D eigenvalue weighted by Crippen LogP contribution is -2.45. The van der Waals surface area contributed by atoms with Crippen LogP contribution in [-0.2, 0) is 4.79 Å². The molecule has 0 fully saturated rings. The van der Waals surface area contributed by atoms with E-state index in [0.717, 1.165) is 38.5 Å². The molecule has 0 aliphatic carbocycles. The zero-order valence-corrected chi connectivity index (χ0v) is 24.0. The fraction of sp³-hybridized carbons (Fsp3) is 0.844. The highest BCUT2D eigenvalue weighted by atomic mass is 16.3. The van der Waals surface area contributed by atoms with Gasteiger partial charge in [0.2, 0.25) is 5.91 Å². The van der Waals surface area contributed by atoms with Crippen molar-refractivity contribution in [1.29, 1.82) is 0 Å². The highest BCUT2D eigenvalue weighted by molar-refractivity contribution is 5.76. The minimum absolute atomic E-state index is 0.0776. The molecule has 0 radical (unpaired) electrons. The third-order valence-corrected chi connectivity index (χ3v) is 6.93. The molecule has 0 aromatic rings. The minimum atomic E-state index is -0.836. The van der Waals surface area contributed by atoms with E-state index in [0.29, 0.717) is 6.42 Å². The van der Waals surface area contributed by atoms with Crippen molar-refractivity contribution in [1.82, 2.24) is 5.32 Å². The lowest BCUT2D eigenvalue weighted by Gasteiger charge is -2.20. The summed E-state index contributed by atoms with van der Waals surface area (Å²) in [5, 5.41) is 22.7. The number of carbonyl (C=O) groups is 1. The van der Waals surface area contributed by atoms with Crippen LogP contribution in [0.1, 0.15) is 155 Å². The fourth-order valence-electron chi connectivity index (χ4n) is 4.46. The number of amides is 1. The minimum Gasteiger partial charge on any atom is -0.394 e. The third-order valence-electron chi connectivity index (χ3n) is 6.93.